The van der Waals surface area contributed by atoms with Crippen LogP contribution in [0.1, 0.15) is 51.7 Å². The molecule has 0 atom stereocenters. The molecule has 1 aliphatic heterocycles. The van der Waals surface area contributed by atoms with Crippen molar-refractivity contribution in [2.24, 2.45) is 5.73 Å². The number of amides is 2. The quantitative estimate of drug-likeness (QED) is 0.632. The molecule has 0 unspecified atom stereocenters. The van der Waals surface area contributed by atoms with Crippen LogP contribution in [0.3, 0.4) is 0 Å². The average Bonchev–Trinajstić information content (AvgIpc) is 3.18. The van der Waals surface area contributed by atoms with E-state index in [9.17, 15) is 9.59 Å². The van der Waals surface area contributed by atoms with Crippen molar-refractivity contribution in [3.63, 3.8) is 0 Å². The molecule has 0 fully saturated rings. The summed E-state index contributed by atoms with van der Waals surface area (Å²) in [5.74, 6) is 0.594. The van der Waals surface area contributed by atoms with Gasteiger partial charge in [0.05, 0.1) is 13.2 Å². The number of hydrogen-bond acceptors (Lipinski definition) is 4. The first-order valence-corrected chi connectivity index (χ1v) is 10.8. The van der Waals surface area contributed by atoms with Crippen molar-refractivity contribution in [3.05, 3.63) is 59.7 Å². The van der Waals surface area contributed by atoms with Gasteiger partial charge in [0.15, 0.2) is 0 Å². The van der Waals surface area contributed by atoms with Crippen molar-refractivity contribution in [2.75, 3.05) is 18.1 Å². The van der Waals surface area contributed by atoms with Crippen molar-refractivity contribution < 1.29 is 19.1 Å². The zero-order chi connectivity index (χ0) is 23.6. The molecule has 6 nitrogen and oxygen atoms in total. The second-order valence-corrected chi connectivity index (χ2v) is 9.39. The predicted molar refractivity (Wildman–Crippen MR) is 127 cm³/mol. The number of nitrogens with two attached hydrogens (primary N) is 1. The second kappa shape index (κ2) is 9.07. The van der Waals surface area contributed by atoms with Crippen LogP contribution in [0, 0.1) is 0 Å². The molecular weight excluding hydrogens is 404 g/mol. The summed E-state index contributed by atoms with van der Waals surface area (Å²) in [6, 6.07) is 12.1. The van der Waals surface area contributed by atoms with Crippen molar-refractivity contribution in [3.8, 4) is 16.9 Å². The van der Waals surface area contributed by atoms with Crippen molar-refractivity contribution in [1.29, 1.82) is 0 Å². The molecule has 0 bridgehead atoms. The smallest absolute Gasteiger partial charge is 0.415 e. The number of nitrogens with zero attached hydrogens (tertiary/aromatic N) is 1. The number of primary amides is 1. The molecule has 2 amide bonds. The highest BCUT2D eigenvalue weighted by molar-refractivity contribution is 5.97. The molecule has 0 aliphatic carbocycles. The van der Waals surface area contributed by atoms with Gasteiger partial charge in [0, 0.05) is 28.8 Å². The van der Waals surface area contributed by atoms with Crippen molar-refractivity contribution in [1.82, 2.24) is 0 Å². The van der Waals surface area contributed by atoms with E-state index in [1.54, 1.807) is 20.8 Å². The number of rotatable bonds is 6. The number of hydrogen-bond donors (Lipinski definition) is 1. The number of ether oxygens (including phenoxy) is 2. The molecule has 2 N–H and O–H groups in total. The van der Waals surface area contributed by atoms with E-state index in [0.717, 1.165) is 28.9 Å². The Balaban J connectivity index is 2.08. The fraction of sp³-hybridized carbons (Fsp3) is 0.385. The second-order valence-electron chi connectivity index (χ2n) is 9.39. The molecule has 0 saturated heterocycles. The number of carbonyl (C=O) groups is 2. The SMILES string of the molecule is C=C(CN(C(=O)OC(C)(C)C)c1cc2c(c(-c3ccc(C(C)C)cc3)c1)OCC2)C(N)=O. The number of benzene rings is 2. The van der Waals surface area contributed by atoms with E-state index < -0.39 is 17.6 Å². The first-order valence-electron chi connectivity index (χ1n) is 10.8. The van der Waals surface area contributed by atoms with Gasteiger partial charge in [-0.05, 0) is 49.9 Å². The minimum absolute atomic E-state index is 0.0599. The Bertz CT molecular complexity index is 1030. The zero-order valence-corrected chi connectivity index (χ0v) is 19.5. The Morgan fingerprint density at radius 1 is 1.19 bits per heavy atom. The molecule has 0 spiro atoms. The van der Waals surface area contributed by atoms with Gasteiger partial charge in [-0.1, -0.05) is 44.7 Å². The summed E-state index contributed by atoms with van der Waals surface area (Å²) in [5, 5.41) is 0. The largest absolute Gasteiger partial charge is 0.492 e. The predicted octanol–water partition coefficient (Wildman–Crippen LogP) is 5.19. The van der Waals surface area contributed by atoms with Crippen LogP contribution in [0.15, 0.2) is 48.6 Å². The van der Waals surface area contributed by atoms with Crippen molar-refractivity contribution in [2.45, 2.75) is 52.6 Å². The first-order chi connectivity index (χ1) is 15.0. The summed E-state index contributed by atoms with van der Waals surface area (Å²) in [7, 11) is 0. The van der Waals surface area contributed by atoms with Crippen LogP contribution in [0.5, 0.6) is 5.75 Å². The van der Waals surface area contributed by atoms with Crippen LogP contribution in [-0.4, -0.2) is 30.8 Å². The van der Waals surface area contributed by atoms with E-state index in [4.69, 9.17) is 15.2 Å². The van der Waals surface area contributed by atoms with E-state index >= 15 is 0 Å². The minimum Gasteiger partial charge on any atom is -0.492 e. The van der Waals surface area contributed by atoms with Gasteiger partial charge < -0.3 is 15.2 Å². The van der Waals surface area contributed by atoms with Gasteiger partial charge in [-0.25, -0.2) is 4.79 Å². The Kier molecular flexibility index (Phi) is 6.63. The summed E-state index contributed by atoms with van der Waals surface area (Å²) >= 11 is 0. The van der Waals surface area contributed by atoms with Crippen LogP contribution in [0.2, 0.25) is 0 Å². The minimum atomic E-state index is -0.696. The molecule has 0 radical (unpaired) electrons. The van der Waals surface area contributed by atoms with Crippen LogP contribution < -0.4 is 15.4 Å². The topological polar surface area (TPSA) is 81.9 Å². The van der Waals surface area contributed by atoms with E-state index in [1.165, 1.54) is 10.5 Å². The van der Waals surface area contributed by atoms with Crippen LogP contribution >= 0.6 is 0 Å². The van der Waals surface area contributed by atoms with Gasteiger partial charge in [0.1, 0.15) is 11.4 Å². The molecule has 0 aromatic heterocycles. The lowest BCUT2D eigenvalue weighted by Gasteiger charge is -2.28. The number of fused-ring (bicyclic) bond motifs is 1. The van der Waals surface area contributed by atoms with Crippen LogP contribution in [0.4, 0.5) is 10.5 Å². The normalized spacial score (nSPS) is 12.8. The molecule has 170 valence electrons. The Morgan fingerprint density at radius 2 is 1.84 bits per heavy atom. The average molecular weight is 437 g/mol. The van der Waals surface area contributed by atoms with E-state index in [0.29, 0.717) is 18.2 Å². The Morgan fingerprint density at radius 3 is 2.41 bits per heavy atom. The Labute approximate surface area is 190 Å². The fourth-order valence-electron chi connectivity index (χ4n) is 3.56. The van der Waals surface area contributed by atoms with Crippen LogP contribution in [-0.2, 0) is 16.0 Å². The van der Waals surface area contributed by atoms with Gasteiger partial charge >= 0.3 is 6.09 Å². The molecule has 32 heavy (non-hydrogen) atoms. The third kappa shape index (κ3) is 5.31. The van der Waals surface area contributed by atoms with Gasteiger partial charge in [0.25, 0.3) is 0 Å². The summed E-state index contributed by atoms with van der Waals surface area (Å²) in [6.07, 6.45) is 0.166. The lowest BCUT2D eigenvalue weighted by atomic mass is 9.96. The van der Waals surface area contributed by atoms with Gasteiger partial charge in [-0.3, -0.25) is 9.69 Å². The lowest BCUT2D eigenvalue weighted by molar-refractivity contribution is -0.114. The highest BCUT2D eigenvalue weighted by Crippen LogP contribution is 2.41. The zero-order valence-electron chi connectivity index (χ0n) is 19.5. The van der Waals surface area contributed by atoms with E-state index in [-0.39, 0.29) is 12.1 Å². The van der Waals surface area contributed by atoms with Gasteiger partial charge in [0.2, 0.25) is 5.91 Å². The molecule has 1 aliphatic rings. The molecular formula is C26H32N2O4. The summed E-state index contributed by atoms with van der Waals surface area (Å²) in [6.45, 7) is 13.9. The van der Waals surface area contributed by atoms with Crippen molar-refractivity contribution >= 4 is 17.7 Å². The number of anilines is 1. The Hall–Kier alpha value is -3.28. The third-order valence-electron chi connectivity index (χ3n) is 5.28. The maximum atomic E-state index is 13.1. The molecule has 1 heterocycles. The fourth-order valence-corrected chi connectivity index (χ4v) is 3.56. The van der Waals surface area contributed by atoms with Gasteiger partial charge in [-0.15, -0.1) is 0 Å². The third-order valence-corrected chi connectivity index (χ3v) is 5.28. The first kappa shape index (κ1) is 23.4. The highest BCUT2D eigenvalue weighted by atomic mass is 16.6. The van der Waals surface area contributed by atoms with E-state index in [1.807, 2.05) is 12.1 Å². The lowest BCUT2D eigenvalue weighted by Crippen LogP contribution is -2.39. The highest BCUT2D eigenvalue weighted by Gasteiger charge is 2.28. The van der Waals surface area contributed by atoms with E-state index in [2.05, 4.69) is 44.7 Å². The summed E-state index contributed by atoms with van der Waals surface area (Å²) in [5.41, 5.74) is 9.57. The molecule has 3 rings (SSSR count). The molecule has 6 heteroatoms. The monoisotopic (exact) mass is 436 g/mol. The standard InChI is InChI=1S/C26H32N2O4/c1-16(2)18-7-9-19(10-8-18)22-14-21(13-20-11-12-31-23(20)22)28(15-17(3)24(27)29)25(30)32-26(4,5)6/h7-10,13-14,16H,3,11-12,15H2,1-2,4-6H3,(H2,27,29). The molecule has 2 aromatic carbocycles. The number of carbonyl (C=O) groups excluding carboxylic acids is 2. The molecule has 0 saturated carbocycles. The van der Waals surface area contributed by atoms with Crippen LogP contribution in [0.25, 0.3) is 11.1 Å². The van der Waals surface area contributed by atoms with Gasteiger partial charge in [-0.2, -0.15) is 0 Å². The summed E-state index contributed by atoms with van der Waals surface area (Å²) in [4.78, 5) is 26.1. The maximum absolute atomic E-state index is 13.1. The summed E-state index contributed by atoms with van der Waals surface area (Å²) < 4.78 is 11.5. The maximum Gasteiger partial charge on any atom is 0.415 e. The molecule has 2 aromatic rings.